The van der Waals surface area contributed by atoms with Crippen LogP contribution in [0.25, 0.3) is 69.9 Å². The molecule has 0 fully saturated rings. The lowest BCUT2D eigenvalue weighted by molar-refractivity contribution is 0.660. The number of pyridine rings is 2. The van der Waals surface area contributed by atoms with Gasteiger partial charge in [0, 0.05) is 65.8 Å². The van der Waals surface area contributed by atoms with Crippen LogP contribution in [0.1, 0.15) is 25.0 Å². The number of para-hydroxylation sites is 2. The van der Waals surface area contributed by atoms with E-state index in [-0.39, 0.29) is 5.41 Å². The van der Waals surface area contributed by atoms with Crippen molar-refractivity contribution in [2.45, 2.75) is 19.3 Å². The molecule has 318 valence electrons. The van der Waals surface area contributed by atoms with E-state index in [0.717, 1.165) is 56.7 Å². The second-order valence-corrected chi connectivity index (χ2v) is 19.0. The van der Waals surface area contributed by atoms with E-state index in [1.54, 1.807) is 0 Å². The van der Waals surface area contributed by atoms with Gasteiger partial charge in [-0.15, -0.1) is 11.3 Å². The summed E-state index contributed by atoms with van der Waals surface area (Å²) in [6, 6.07) is 76.9. The highest BCUT2D eigenvalue weighted by molar-refractivity contribution is 7.25. The molecule has 0 saturated carbocycles. The number of anilines is 6. The molecule has 0 saturated heterocycles. The van der Waals surface area contributed by atoms with Crippen molar-refractivity contribution in [2.24, 2.45) is 0 Å². The number of rotatable bonds is 8. The Kier molecular flexibility index (Phi) is 8.98. The van der Waals surface area contributed by atoms with Crippen molar-refractivity contribution in [3.8, 4) is 27.9 Å². The Morgan fingerprint density at radius 2 is 1.01 bits per heavy atom. The SMILES string of the molecule is CC1(C)c2ccccc2-c2ccc(N(c3cc(-c4ccc5c(c4)c4ccccc4n5-c4ccccc4)cc(N(c4ccc5sc6ccccc6c5c4)c4ccccn4)c3)c3ccccn3)cc21. The Morgan fingerprint density at radius 3 is 1.78 bits per heavy atom. The summed E-state index contributed by atoms with van der Waals surface area (Å²) >= 11 is 1.83. The van der Waals surface area contributed by atoms with Gasteiger partial charge in [-0.1, -0.05) is 117 Å². The zero-order chi connectivity index (χ0) is 44.6. The summed E-state index contributed by atoms with van der Waals surface area (Å²) in [5.41, 5.74) is 14.7. The first-order chi connectivity index (χ1) is 33.0. The summed E-state index contributed by atoms with van der Waals surface area (Å²) in [5.74, 6) is 1.66. The van der Waals surface area contributed by atoms with Crippen LogP contribution in [0, 0.1) is 0 Å². The van der Waals surface area contributed by atoms with Crippen LogP contribution in [-0.4, -0.2) is 14.5 Å². The highest BCUT2D eigenvalue weighted by atomic mass is 32.1. The number of hydrogen-bond acceptors (Lipinski definition) is 5. The number of hydrogen-bond donors (Lipinski definition) is 0. The Morgan fingerprint density at radius 1 is 0.403 bits per heavy atom. The number of fused-ring (bicyclic) bond motifs is 9. The van der Waals surface area contributed by atoms with Crippen molar-refractivity contribution < 1.29 is 0 Å². The highest BCUT2D eigenvalue weighted by Gasteiger charge is 2.36. The first-order valence-electron chi connectivity index (χ1n) is 22.8. The average Bonchev–Trinajstić information content (AvgIpc) is 4.00. The molecule has 0 N–H and O–H groups in total. The van der Waals surface area contributed by atoms with Crippen LogP contribution in [0.4, 0.5) is 34.4 Å². The lowest BCUT2D eigenvalue weighted by atomic mass is 9.82. The summed E-state index contributed by atoms with van der Waals surface area (Å²) < 4.78 is 4.91. The van der Waals surface area contributed by atoms with Gasteiger partial charge in [0.2, 0.25) is 0 Å². The minimum absolute atomic E-state index is 0.181. The van der Waals surface area contributed by atoms with E-state index >= 15 is 0 Å². The van der Waals surface area contributed by atoms with Crippen molar-refractivity contribution in [1.29, 1.82) is 0 Å². The third-order valence-corrected chi connectivity index (χ3v) is 14.8. The van der Waals surface area contributed by atoms with E-state index in [1.807, 2.05) is 35.9 Å². The molecular weight excluding hydrogens is 835 g/mol. The van der Waals surface area contributed by atoms with Crippen LogP contribution in [-0.2, 0) is 5.41 Å². The Balaban J connectivity index is 1.07. The maximum Gasteiger partial charge on any atom is 0.137 e. The van der Waals surface area contributed by atoms with E-state index in [1.165, 1.54) is 58.7 Å². The van der Waals surface area contributed by atoms with Crippen LogP contribution in [0.2, 0.25) is 0 Å². The fourth-order valence-electron chi connectivity index (χ4n) is 10.5. The maximum absolute atomic E-state index is 5.06. The zero-order valence-corrected chi connectivity index (χ0v) is 37.8. The third kappa shape index (κ3) is 6.36. The summed E-state index contributed by atoms with van der Waals surface area (Å²) in [5, 5.41) is 4.89. The van der Waals surface area contributed by atoms with Gasteiger partial charge >= 0.3 is 0 Å². The fraction of sp³-hybridized carbons (Fsp3) is 0.0492. The standard InChI is InChI=1S/C61H43N5S/c1-61(2)53-21-9-6-18-47(53)48-29-27-44(39-54(48)61)65(60-25-13-15-33-63-60)46-35-41(40-26-30-56-51(36-40)49-19-7-10-22-55(49)66(56)42-16-4-3-5-17-42)34-45(37-46)64(59-24-12-14-32-62-59)43-28-31-58-52(38-43)50-20-8-11-23-57(50)67-58/h3-39H,1-2H3. The molecule has 67 heavy (non-hydrogen) atoms. The Labute approximate surface area is 393 Å². The highest BCUT2D eigenvalue weighted by Crippen LogP contribution is 2.51. The molecule has 12 aromatic rings. The molecule has 8 aromatic carbocycles. The average molecular weight is 878 g/mol. The van der Waals surface area contributed by atoms with E-state index in [4.69, 9.17) is 9.97 Å². The number of aromatic nitrogens is 3. The van der Waals surface area contributed by atoms with Crippen molar-refractivity contribution in [3.63, 3.8) is 0 Å². The molecule has 13 rings (SSSR count). The van der Waals surface area contributed by atoms with E-state index in [9.17, 15) is 0 Å². The van der Waals surface area contributed by atoms with E-state index in [0.29, 0.717) is 0 Å². The topological polar surface area (TPSA) is 37.2 Å². The van der Waals surface area contributed by atoms with Gasteiger partial charge in [-0.3, -0.25) is 9.80 Å². The van der Waals surface area contributed by atoms with Gasteiger partial charge in [-0.25, -0.2) is 9.97 Å². The van der Waals surface area contributed by atoms with Crippen molar-refractivity contribution in [2.75, 3.05) is 9.80 Å². The second kappa shape index (κ2) is 15.4. The molecule has 0 bridgehead atoms. The van der Waals surface area contributed by atoms with E-state index < -0.39 is 0 Å². The Hall–Kier alpha value is -8.32. The summed E-state index contributed by atoms with van der Waals surface area (Å²) in [6.07, 6.45) is 3.77. The number of benzene rings is 8. The molecular formula is C61H43N5S. The molecule has 0 amide bonds. The predicted molar refractivity (Wildman–Crippen MR) is 282 cm³/mol. The molecule has 4 aromatic heterocycles. The van der Waals surface area contributed by atoms with Crippen molar-refractivity contribution >= 4 is 87.7 Å². The molecule has 0 atom stereocenters. The normalized spacial score (nSPS) is 12.7. The molecule has 5 nitrogen and oxygen atoms in total. The summed E-state index contributed by atoms with van der Waals surface area (Å²) in [4.78, 5) is 14.7. The zero-order valence-electron chi connectivity index (χ0n) is 37.0. The van der Waals surface area contributed by atoms with Gasteiger partial charge < -0.3 is 4.57 Å². The number of thiophene rings is 1. The van der Waals surface area contributed by atoms with Crippen LogP contribution in [0.15, 0.2) is 225 Å². The minimum atomic E-state index is -0.181. The monoisotopic (exact) mass is 877 g/mol. The smallest absolute Gasteiger partial charge is 0.137 e. The Bertz CT molecular complexity index is 3850. The second-order valence-electron chi connectivity index (χ2n) is 17.9. The molecule has 0 radical (unpaired) electrons. The first kappa shape index (κ1) is 39.1. The van der Waals surface area contributed by atoms with Gasteiger partial charge in [0.25, 0.3) is 0 Å². The number of nitrogens with zero attached hydrogens (tertiary/aromatic N) is 5. The first-order valence-corrected chi connectivity index (χ1v) is 23.6. The van der Waals surface area contributed by atoms with Crippen molar-refractivity contribution in [1.82, 2.24) is 14.5 Å². The molecule has 4 heterocycles. The van der Waals surface area contributed by atoms with Crippen LogP contribution in [0.5, 0.6) is 0 Å². The van der Waals surface area contributed by atoms with Gasteiger partial charge in [0.05, 0.1) is 22.4 Å². The van der Waals surface area contributed by atoms with Crippen LogP contribution >= 0.6 is 11.3 Å². The van der Waals surface area contributed by atoms with Gasteiger partial charge in [-0.2, -0.15) is 0 Å². The maximum atomic E-state index is 5.06. The molecule has 0 spiro atoms. The summed E-state index contributed by atoms with van der Waals surface area (Å²) in [6.45, 7) is 4.68. The quantitative estimate of drug-likeness (QED) is 0.152. The predicted octanol–water partition coefficient (Wildman–Crippen LogP) is 16.9. The van der Waals surface area contributed by atoms with Crippen LogP contribution in [0.3, 0.4) is 0 Å². The van der Waals surface area contributed by atoms with Gasteiger partial charge in [-0.05, 0) is 143 Å². The fourth-order valence-corrected chi connectivity index (χ4v) is 11.6. The lowest BCUT2D eigenvalue weighted by Gasteiger charge is -2.30. The van der Waals surface area contributed by atoms with Crippen molar-refractivity contribution in [3.05, 3.63) is 236 Å². The van der Waals surface area contributed by atoms with Gasteiger partial charge in [0.15, 0.2) is 0 Å². The molecule has 0 unspecified atom stereocenters. The minimum Gasteiger partial charge on any atom is -0.309 e. The molecule has 6 heteroatoms. The summed E-state index contributed by atoms with van der Waals surface area (Å²) in [7, 11) is 0. The molecule has 0 aliphatic heterocycles. The van der Waals surface area contributed by atoms with E-state index in [2.05, 4.69) is 228 Å². The third-order valence-electron chi connectivity index (χ3n) is 13.6. The molecule has 1 aliphatic rings. The van der Waals surface area contributed by atoms with Crippen LogP contribution < -0.4 is 9.80 Å². The largest absolute Gasteiger partial charge is 0.309 e. The lowest BCUT2D eigenvalue weighted by Crippen LogP contribution is -2.17. The molecule has 1 aliphatic carbocycles. The van der Waals surface area contributed by atoms with Gasteiger partial charge in [0.1, 0.15) is 11.6 Å².